The fourth-order valence-electron chi connectivity index (χ4n) is 2.27. The Labute approximate surface area is 119 Å². The second kappa shape index (κ2) is 5.70. The third-order valence-electron chi connectivity index (χ3n) is 3.07. The van der Waals surface area contributed by atoms with Crippen molar-refractivity contribution in [1.82, 2.24) is 9.97 Å². The Morgan fingerprint density at radius 2 is 1.74 bits per heavy atom. The molecular formula is C16H19ClN2. The lowest BCUT2D eigenvalue weighted by Gasteiger charge is -2.11. The van der Waals surface area contributed by atoms with Crippen LogP contribution in [0.5, 0.6) is 0 Å². The molecule has 0 aliphatic heterocycles. The molecule has 0 amide bonds. The molecule has 0 aliphatic carbocycles. The molecule has 0 spiro atoms. The lowest BCUT2D eigenvalue weighted by molar-refractivity contribution is 0.634. The first-order valence-corrected chi connectivity index (χ1v) is 6.95. The van der Waals surface area contributed by atoms with Crippen molar-refractivity contribution < 1.29 is 0 Å². The second-order valence-electron chi connectivity index (χ2n) is 5.37. The van der Waals surface area contributed by atoms with Crippen LogP contribution in [-0.4, -0.2) is 9.97 Å². The maximum atomic E-state index is 6.14. The minimum atomic E-state index is 0.517. The summed E-state index contributed by atoms with van der Waals surface area (Å²) in [4.78, 5) is 9.06. The highest BCUT2D eigenvalue weighted by molar-refractivity contribution is 6.29. The number of aryl methyl sites for hydroxylation is 2. The standard InChI is InChI=1S/C16H19ClN2/c1-10(2)8-13-9-14(17)19-16(18-13)15-11(3)6-5-7-12(15)4/h5-7,9-10H,8H2,1-4H3. The predicted molar refractivity (Wildman–Crippen MR) is 80.5 cm³/mol. The lowest BCUT2D eigenvalue weighted by atomic mass is 10.0. The molecule has 100 valence electrons. The molecule has 2 rings (SSSR count). The molecule has 1 heterocycles. The predicted octanol–water partition coefficient (Wildman–Crippen LogP) is 4.61. The third kappa shape index (κ3) is 3.32. The number of aromatic nitrogens is 2. The molecule has 1 aromatic heterocycles. The maximum Gasteiger partial charge on any atom is 0.161 e. The molecule has 2 nitrogen and oxygen atoms in total. The van der Waals surface area contributed by atoms with Gasteiger partial charge in [-0.15, -0.1) is 0 Å². The Hall–Kier alpha value is -1.41. The Morgan fingerprint density at radius 3 is 2.32 bits per heavy atom. The van der Waals surface area contributed by atoms with E-state index in [0.29, 0.717) is 11.1 Å². The van der Waals surface area contributed by atoms with Crippen LogP contribution in [0.25, 0.3) is 11.4 Å². The third-order valence-corrected chi connectivity index (χ3v) is 3.26. The van der Waals surface area contributed by atoms with Crippen LogP contribution in [-0.2, 0) is 6.42 Å². The second-order valence-corrected chi connectivity index (χ2v) is 5.76. The Kier molecular flexibility index (Phi) is 4.20. The van der Waals surface area contributed by atoms with Crippen LogP contribution in [0.2, 0.25) is 5.15 Å². The van der Waals surface area contributed by atoms with E-state index in [2.05, 4.69) is 49.8 Å². The highest BCUT2D eigenvalue weighted by atomic mass is 35.5. The Morgan fingerprint density at radius 1 is 1.11 bits per heavy atom. The van der Waals surface area contributed by atoms with Crippen molar-refractivity contribution in [1.29, 1.82) is 0 Å². The summed E-state index contributed by atoms with van der Waals surface area (Å²) in [6, 6.07) is 8.07. The van der Waals surface area contributed by atoms with Crippen LogP contribution in [0.4, 0.5) is 0 Å². The molecule has 0 radical (unpaired) electrons. The monoisotopic (exact) mass is 274 g/mol. The van der Waals surface area contributed by atoms with Gasteiger partial charge in [0.2, 0.25) is 0 Å². The number of hydrogen-bond donors (Lipinski definition) is 0. The van der Waals surface area contributed by atoms with Gasteiger partial charge < -0.3 is 0 Å². The molecule has 0 N–H and O–H groups in total. The molecule has 0 aliphatic rings. The minimum Gasteiger partial charge on any atom is -0.233 e. The molecule has 1 aromatic carbocycles. The van der Waals surface area contributed by atoms with Crippen molar-refractivity contribution in [2.24, 2.45) is 5.92 Å². The Bertz CT molecular complexity index is 571. The van der Waals surface area contributed by atoms with Crippen LogP contribution < -0.4 is 0 Å². The van der Waals surface area contributed by atoms with E-state index < -0.39 is 0 Å². The van der Waals surface area contributed by atoms with Gasteiger partial charge in [0, 0.05) is 11.3 Å². The number of halogens is 1. The normalized spacial score (nSPS) is 11.1. The number of nitrogens with zero attached hydrogens (tertiary/aromatic N) is 2. The van der Waals surface area contributed by atoms with Gasteiger partial charge in [-0.25, -0.2) is 9.97 Å². The summed E-state index contributed by atoms with van der Waals surface area (Å²) in [6.45, 7) is 8.51. The summed E-state index contributed by atoms with van der Waals surface area (Å²) < 4.78 is 0. The first kappa shape index (κ1) is 14.0. The van der Waals surface area contributed by atoms with E-state index >= 15 is 0 Å². The molecule has 19 heavy (non-hydrogen) atoms. The van der Waals surface area contributed by atoms with Crippen molar-refractivity contribution in [3.63, 3.8) is 0 Å². The summed E-state index contributed by atoms with van der Waals surface area (Å²) in [5.74, 6) is 1.29. The van der Waals surface area contributed by atoms with Crippen LogP contribution in [0.15, 0.2) is 24.3 Å². The summed E-state index contributed by atoms with van der Waals surface area (Å²) in [7, 11) is 0. The van der Waals surface area contributed by atoms with Crippen LogP contribution in [0, 0.1) is 19.8 Å². The summed E-state index contributed by atoms with van der Waals surface area (Å²) in [5, 5.41) is 0.517. The molecule has 0 fully saturated rings. The van der Waals surface area contributed by atoms with Crippen LogP contribution >= 0.6 is 11.6 Å². The SMILES string of the molecule is Cc1cccc(C)c1-c1nc(Cl)cc(CC(C)C)n1. The molecule has 3 heteroatoms. The van der Waals surface area contributed by atoms with Gasteiger partial charge in [-0.1, -0.05) is 43.6 Å². The summed E-state index contributed by atoms with van der Waals surface area (Å²) in [6.07, 6.45) is 0.917. The smallest absolute Gasteiger partial charge is 0.161 e. The zero-order valence-corrected chi connectivity index (χ0v) is 12.6. The van der Waals surface area contributed by atoms with Crippen molar-refractivity contribution in [3.05, 3.63) is 46.2 Å². The molecule has 0 atom stereocenters. The lowest BCUT2D eigenvalue weighted by Crippen LogP contribution is -2.02. The molecule has 0 bridgehead atoms. The van der Waals surface area contributed by atoms with Crippen molar-refractivity contribution in [3.8, 4) is 11.4 Å². The van der Waals surface area contributed by atoms with Gasteiger partial charge in [-0.2, -0.15) is 0 Å². The van der Waals surface area contributed by atoms with Crippen molar-refractivity contribution in [2.75, 3.05) is 0 Å². The highest BCUT2D eigenvalue weighted by Gasteiger charge is 2.11. The van der Waals surface area contributed by atoms with E-state index in [-0.39, 0.29) is 0 Å². The minimum absolute atomic E-state index is 0.517. The van der Waals surface area contributed by atoms with E-state index in [0.717, 1.165) is 23.5 Å². The van der Waals surface area contributed by atoms with E-state index in [1.54, 1.807) is 0 Å². The van der Waals surface area contributed by atoms with Gasteiger partial charge in [0.25, 0.3) is 0 Å². The largest absolute Gasteiger partial charge is 0.233 e. The molecular weight excluding hydrogens is 256 g/mol. The van der Waals surface area contributed by atoms with Gasteiger partial charge in [-0.3, -0.25) is 0 Å². The van der Waals surface area contributed by atoms with Crippen molar-refractivity contribution >= 4 is 11.6 Å². The summed E-state index contributed by atoms with van der Waals surface area (Å²) in [5.41, 5.74) is 4.46. The zero-order chi connectivity index (χ0) is 14.0. The van der Waals surface area contributed by atoms with Gasteiger partial charge in [0.15, 0.2) is 5.82 Å². The van der Waals surface area contributed by atoms with Gasteiger partial charge in [-0.05, 0) is 43.4 Å². The van der Waals surface area contributed by atoms with Gasteiger partial charge in [0.1, 0.15) is 5.15 Å². The summed E-state index contributed by atoms with van der Waals surface area (Å²) >= 11 is 6.14. The number of benzene rings is 1. The zero-order valence-electron chi connectivity index (χ0n) is 11.9. The fraction of sp³-hybridized carbons (Fsp3) is 0.375. The van der Waals surface area contributed by atoms with Crippen LogP contribution in [0.1, 0.15) is 30.7 Å². The first-order valence-electron chi connectivity index (χ1n) is 6.57. The van der Waals surface area contributed by atoms with E-state index in [9.17, 15) is 0 Å². The average Bonchev–Trinajstić information content (AvgIpc) is 2.26. The molecule has 2 aromatic rings. The highest BCUT2D eigenvalue weighted by Crippen LogP contribution is 2.25. The van der Waals surface area contributed by atoms with Gasteiger partial charge >= 0.3 is 0 Å². The van der Waals surface area contributed by atoms with E-state index in [1.165, 1.54) is 11.1 Å². The topological polar surface area (TPSA) is 25.8 Å². The Balaban J connectivity index is 2.53. The van der Waals surface area contributed by atoms with Crippen LogP contribution in [0.3, 0.4) is 0 Å². The number of hydrogen-bond acceptors (Lipinski definition) is 2. The fourth-order valence-corrected chi connectivity index (χ4v) is 2.47. The quantitative estimate of drug-likeness (QED) is 0.764. The van der Waals surface area contributed by atoms with E-state index in [1.807, 2.05) is 12.1 Å². The average molecular weight is 275 g/mol. The van der Waals surface area contributed by atoms with E-state index in [4.69, 9.17) is 11.6 Å². The first-order chi connectivity index (χ1) is 8.97. The molecule has 0 saturated heterocycles. The molecule has 0 unspecified atom stereocenters. The number of rotatable bonds is 3. The van der Waals surface area contributed by atoms with Gasteiger partial charge in [0.05, 0.1) is 0 Å². The molecule has 0 saturated carbocycles. The van der Waals surface area contributed by atoms with Crippen molar-refractivity contribution in [2.45, 2.75) is 34.1 Å². The maximum absolute atomic E-state index is 6.14.